The quantitative estimate of drug-likeness (QED) is 0.747. The third-order valence-corrected chi connectivity index (χ3v) is 5.11. The Labute approximate surface area is 142 Å². The lowest BCUT2D eigenvalue weighted by molar-refractivity contribution is 0.415. The summed E-state index contributed by atoms with van der Waals surface area (Å²) >= 11 is 0. The van der Waals surface area contributed by atoms with Crippen LogP contribution < -0.4 is 9.46 Å². The van der Waals surface area contributed by atoms with Gasteiger partial charge >= 0.3 is 0 Å². The Morgan fingerprint density at radius 3 is 2.33 bits per heavy atom. The Balaban J connectivity index is 1.70. The fourth-order valence-electron chi connectivity index (χ4n) is 2.55. The minimum absolute atomic E-state index is 0.0153. The van der Waals surface area contributed by atoms with Crippen molar-refractivity contribution in [1.82, 2.24) is 4.72 Å². The van der Waals surface area contributed by atoms with Gasteiger partial charge in [0.1, 0.15) is 5.75 Å². The van der Waals surface area contributed by atoms with Gasteiger partial charge in [0.2, 0.25) is 10.0 Å². The molecule has 0 spiro atoms. The van der Waals surface area contributed by atoms with E-state index in [9.17, 15) is 8.42 Å². The number of sulfonamides is 1. The predicted molar refractivity (Wildman–Crippen MR) is 96.4 cm³/mol. The molecule has 3 aromatic carbocycles. The number of hydrogen-bond acceptors (Lipinski definition) is 3. The molecule has 0 amide bonds. The number of nitrogens with one attached hydrogen (secondary N) is 1. The first-order valence-electron chi connectivity index (χ1n) is 7.64. The number of ether oxygens (including phenoxy) is 1. The van der Waals surface area contributed by atoms with E-state index in [0.717, 1.165) is 27.6 Å². The summed E-state index contributed by atoms with van der Waals surface area (Å²) in [5.74, 6) is 0.789. The van der Waals surface area contributed by atoms with Crippen molar-refractivity contribution in [1.29, 1.82) is 0 Å². The Bertz CT molecular complexity index is 937. The van der Waals surface area contributed by atoms with Crippen molar-refractivity contribution in [3.05, 3.63) is 77.9 Å². The van der Waals surface area contributed by atoms with E-state index in [-0.39, 0.29) is 12.3 Å². The fourth-order valence-corrected chi connectivity index (χ4v) is 3.67. The van der Waals surface area contributed by atoms with E-state index in [4.69, 9.17) is 4.74 Å². The molecule has 0 aromatic heterocycles. The minimum atomic E-state index is -3.37. The summed E-state index contributed by atoms with van der Waals surface area (Å²) in [7, 11) is -1.73. The average Bonchev–Trinajstić information content (AvgIpc) is 2.60. The van der Waals surface area contributed by atoms with Crippen LogP contribution in [0.3, 0.4) is 0 Å². The van der Waals surface area contributed by atoms with Crippen molar-refractivity contribution in [3.8, 4) is 5.75 Å². The van der Waals surface area contributed by atoms with Crippen molar-refractivity contribution >= 4 is 20.8 Å². The van der Waals surface area contributed by atoms with Crippen molar-refractivity contribution in [2.75, 3.05) is 7.11 Å². The van der Waals surface area contributed by atoms with Crippen LogP contribution in [0.1, 0.15) is 11.1 Å². The van der Waals surface area contributed by atoms with Crippen molar-refractivity contribution in [2.45, 2.75) is 12.3 Å². The van der Waals surface area contributed by atoms with Crippen LogP contribution in [0, 0.1) is 0 Å². The Kier molecular flexibility index (Phi) is 4.83. The van der Waals surface area contributed by atoms with Crippen LogP contribution in [-0.4, -0.2) is 15.5 Å². The second-order valence-electron chi connectivity index (χ2n) is 5.61. The monoisotopic (exact) mass is 341 g/mol. The Morgan fingerprint density at radius 1 is 0.875 bits per heavy atom. The molecule has 0 aliphatic heterocycles. The summed E-state index contributed by atoms with van der Waals surface area (Å²) in [5.41, 5.74) is 1.69. The topological polar surface area (TPSA) is 55.4 Å². The first kappa shape index (κ1) is 16.5. The molecule has 0 fully saturated rings. The molecule has 1 N–H and O–H groups in total. The third kappa shape index (κ3) is 4.13. The van der Waals surface area contributed by atoms with Gasteiger partial charge in [-0.15, -0.1) is 0 Å². The summed E-state index contributed by atoms with van der Waals surface area (Å²) in [6.07, 6.45) is 0. The zero-order chi connectivity index (χ0) is 17.0. The summed E-state index contributed by atoms with van der Waals surface area (Å²) in [6.45, 7) is 0.275. The Morgan fingerprint density at radius 2 is 1.58 bits per heavy atom. The number of rotatable bonds is 6. The van der Waals surface area contributed by atoms with Crippen LogP contribution in [0.15, 0.2) is 66.7 Å². The van der Waals surface area contributed by atoms with Gasteiger partial charge in [-0.1, -0.05) is 48.5 Å². The predicted octanol–water partition coefficient (Wildman–Crippen LogP) is 3.47. The lowest BCUT2D eigenvalue weighted by Gasteiger charge is -2.08. The van der Waals surface area contributed by atoms with Gasteiger partial charge in [0.05, 0.1) is 12.9 Å². The van der Waals surface area contributed by atoms with Crippen LogP contribution >= 0.6 is 0 Å². The summed E-state index contributed by atoms with van der Waals surface area (Å²) in [6, 6.07) is 20.9. The smallest absolute Gasteiger partial charge is 0.216 e. The molecule has 3 rings (SSSR count). The molecule has 0 aliphatic rings. The molecule has 4 nitrogen and oxygen atoms in total. The second-order valence-corrected chi connectivity index (χ2v) is 7.42. The first-order valence-corrected chi connectivity index (χ1v) is 9.29. The van der Waals surface area contributed by atoms with Crippen molar-refractivity contribution in [2.24, 2.45) is 0 Å². The molecule has 0 saturated carbocycles. The summed E-state index contributed by atoms with van der Waals surface area (Å²) in [5, 5.41) is 2.11. The molecule has 0 atom stereocenters. The van der Waals surface area contributed by atoms with Gasteiger partial charge < -0.3 is 4.74 Å². The van der Waals surface area contributed by atoms with Crippen LogP contribution in [0.4, 0.5) is 0 Å². The zero-order valence-electron chi connectivity index (χ0n) is 13.4. The van der Waals surface area contributed by atoms with E-state index in [1.54, 1.807) is 7.11 Å². The van der Waals surface area contributed by atoms with E-state index in [2.05, 4.69) is 4.72 Å². The molecule has 124 valence electrons. The standard InChI is InChI=1S/C19H19NO3S/c1-23-19-10-9-17-11-16(7-8-18(17)12-19)13-20-24(21,22)14-15-5-3-2-4-6-15/h2-12,20H,13-14H2,1H3. The van der Waals surface area contributed by atoms with E-state index >= 15 is 0 Å². The van der Waals surface area contributed by atoms with Crippen LogP contribution in [0.25, 0.3) is 10.8 Å². The fraction of sp³-hybridized carbons (Fsp3) is 0.158. The average molecular weight is 341 g/mol. The van der Waals surface area contributed by atoms with Gasteiger partial charge in [-0.3, -0.25) is 0 Å². The highest BCUT2D eigenvalue weighted by atomic mass is 32.2. The third-order valence-electron chi connectivity index (χ3n) is 3.81. The zero-order valence-corrected chi connectivity index (χ0v) is 14.2. The van der Waals surface area contributed by atoms with Crippen LogP contribution in [-0.2, 0) is 22.3 Å². The van der Waals surface area contributed by atoms with Gasteiger partial charge in [-0.2, -0.15) is 0 Å². The highest BCUT2D eigenvalue weighted by molar-refractivity contribution is 7.88. The molecule has 0 bridgehead atoms. The van der Waals surface area contributed by atoms with E-state index < -0.39 is 10.0 Å². The Hall–Kier alpha value is -2.37. The molecule has 0 radical (unpaired) electrons. The molecule has 0 heterocycles. The largest absolute Gasteiger partial charge is 0.497 e. The molecule has 0 saturated heterocycles. The van der Waals surface area contributed by atoms with Crippen molar-refractivity contribution < 1.29 is 13.2 Å². The SMILES string of the molecule is COc1ccc2cc(CNS(=O)(=O)Cc3ccccc3)ccc2c1. The van der Waals surface area contributed by atoms with Crippen molar-refractivity contribution in [3.63, 3.8) is 0 Å². The lowest BCUT2D eigenvalue weighted by Crippen LogP contribution is -2.24. The van der Waals surface area contributed by atoms with Gasteiger partial charge in [-0.05, 0) is 40.1 Å². The minimum Gasteiger partial charge on any atom is -0.497 e. The highest BCUT2D eigenvalue weighted by Gasteiger charge is 2.11. The number of methoxy groups -OCH3 is 1. The van der Waals surface area contributed by atoms with Crippen LogP contribution in [0.5, 0.6) is 5.75 Å². The lowest BCUT2D eigenvalue weighted by atomic mass is 10.1. The van der Waals surface area contributed by atoms with Crippen LogP contribution in [0.2, 0.25) is 0 Å². The normalized spacial score (nSPS) is 11.5. The van der Waals surface area contributed by atoms with Gasteiger partial charge in [-0.25, -0.2) is 13.1 Å². The maximum absolute atomic E-state index is 12.2. The van der Waals surface area contributed by atoms with E-state index in [0.29, 0.717) is 0 Å². The molecule has 0 aliphatic carbocycles. The summed E-state index contributed by atoms with van der Waals surface area (Å²) < 4.78 is 32.3. The summed E-state index contributed by atoms with van der Waals surface area (Å²) in [4.78, 5) is 0. The van der Waals surface area contributed by atoms with E-state index in [1.165, 1.54) is 0 Å². The first-order chi connectivity index (χ1) is 11.6. The second kappa shape index (κ2) is 7.03. The number of fused-ring (bicyclic) bond motifs is 1. The molecule has 3 aromatic rings. The van der Waals surface area contributed by atoms with Gasteiger partial charge in [0.25, 0.3) is 0 Å². The molecule has 5 heteroatoms. The molecular formula is C19H19NO3S. The maximum Gasteiger partial charge on any atom is 0.216 e. The molecular weight excluding hydrogens is 322 g/mol. The molecule has 24 heavy (non-hydrogen) atoms. The maximum atomic E-state index is 12.2. The van der Waals surface area contributed by atoms with Gasteiger partial charge in [0, 0.05) is 6.54 Å². The van der Waals surface area contributed by atoms with E-state index in [1.807, 2.05) is 66.7 Å². The number of benzene rings is 3. The number of hydrogen-bond donors (Lipinski definition) is 1. The highest BCUT2D eigenvalue weighted by Crippen LogP contribution is 2.22. The molecule has 0 unspecified atom stereocenters. The van der Waals surface area contributed by atoms with Gasteiger partial charge in [0.15, 0.2) is 0 Å².